The van der Waals surface area contributed by atoms with Gasteiger partial charge in [0.1, 0.15) is 35.0 Å². The Bertz CT molecular complexity index is 2140. The number of carbonyl (C=O) groups excluding carboxylic acids is 2. The van der Waals surface area contributed by atoms with E-state index in [0.717, 1.165) is 29.6 Å². The van der Waals surface area contributed by atoms with Crippen LogP contribution in [0.25, 0.3) is 23.5 Å². The van der Waals surface area contributed by atoms with Crippen molar-refractivity contribution in [3.63, 3.8) is 0 Å². The number of thiophene rings is 1. The van der Waals surface area contributed by atoms with Crippen molar-refractivity contribution in [2.24, 2.45) is 0 Å². The quantitative estimate of drug-likeness (QED) is 0.0931. The SMILES string of the molecule is CCC(C(=O)O)N1C(=O)/C(=C\c2ccc(-c3ccc(Cl)c(Cl)c3)o2)NC1=S.O=C(O)C(Cc1ccccc1)N1C(=O)/C(=C\c2ccc(Br)s2)NC1=S. The summed E-state index contributed by atoms with van der Waals surface area (Å²) in [7, 11) is 0. The molecule has 2 atom stereocenters. The molecule has 268 valence electrons. The van der Waals surface area contributed by atoms with Crippen molar-refractivity contribution in [1.82, 2.24) is 20.4 Å². The highest BCUT2D eigenvalue weighted by atomic mass is 79.9. The third-order valence-corrected chi connectivity index (χ3v) is 10.6. The molecule has 0 spiro atoms. The van der Waals surface area contributed by atoms with Gasteiger partial charge in [0.05, 0.1) is 13.8 Å². The lowest BCUT2D eigenvalue weighted by Crippen LogP contribution is -2.46. The molecule has 0 radical (unpaired) electrons. The van der Waals surface area contributed by atoms with E-state index in [1.807, 2.05) is 42.5 Å². The van der Waals surface area contributed by atoms with Crippen molar-refractivity contribution in [2.75, 3.05) is 0 Å². The summed E-state index contributed by atoms with van der Waals surface area (Å²) in [6.45, 7) is 1.67. The molecule has 17 heteroatoms. The minimum absolute atomic E-state index is 0.0526. The summed E-state index contributed by atoms with van der Waals surface area (Å²) in [6, 6.07) is 19.3. The molecule has 0 saturated carbocycles. The summed E-state index contributed by atoms with van der Waals surface area (Å²) >= 11 is 27.1. The van der Waals surface area contributed by atoms with Gasteiger partial charge in [-0.1, -0.05) is 60.5 Å². The van der Waals surface area contributed by atoms with Crippen LogP contribution in [-0.4, -0.2) is 66.1 Å². The fraction of sp³-hybridized carbons (Fsp3) is 0.143. The van der Waals surface area contributed by atoms with Crippen LogP contribution in [0.5, 0.6) is 0 Å². The first-order valence-electron chi connectivity index (χ1n) is 15.3. The number of nitrogens with one attached hydrogen (secondary N) is 2. The largest absolute Gasteiger partial charge is 0.480 e. The molecule has 2 aromatic carbocycles. The van der Waals surface area contributed by atoms with Crippen LogP contribution in [0, 0.1) is 0 Å². The minimum atomic E-state index is -1.11. The molecule has 0 aliphatic carbocycles. The third-order valence-electron chi connectivity index (χ3n) is 7.67. The molecule has 2 unspecified atom stereocenters. The summed E-state index contributed by atoms with van der Waals surface area (Å²) in [6.07, 6.45) is 3.57. The Morgan fingerprint density at radius 1 is 0.865 bits per heavy atom. The molecule has 4 aromatic rings. The Hall–Kier alpha value is -4.38. The standard InChI is InChI=1S/C18H14Cl2N2O4S.C17H13BrN2O3S2/c1-2-14(17(24)25)22-16(23)13(21-18(22)27)8-10-4-6-15(26-10)9-3-5-11(19)12(20)7-9;18-14-7-6-11(25-14)9-12-15(21)20(17(24)19-12)13(16(22)23)8-10-4-2-1-3-5-10/h3-8,14H,2H2,1H3,(H,21,27)(H,24,25);1-7,9,13H,8H2,(H,19,24)(H,22,23)/b13-8+;12-9+. The van der Waals surface area contributed by atoms with Crippen LogP contribution in [0.4, 0.5) is 0 Å². The van der Waals surface area contributed by atoms with Gasteiger partial charge in [0, 0.05) is 22.9 Å². The van der Waals surface area contributed by atoms with Gasteiger partial charge in [-0.15, -0.1) is 11.3 Å². The second kappa shape index (κ2) is 17.0. The zero-order valence-electron chi connectivity index (χ0n) is 26.8. The van der Waals surface area contributed by atoms with E-state index in [-0.39, 0.29) is 34.5 Å². The van der Waals surface area contributed by atoms with E-state index in [0.29, 0.717) is 21.6 Å². The second-order valence-corrected chi connectivity index (χ2v) is 15.2. The molecule has 0 bridgehead atoms. The third kappa shape index (κ3) is 8.97. The van der Waals surface area contributed by atoms with E-state index in [4.69, 9.17) is 52.1 Å². The maximum Gasteiger partial charge on any atom is 0.327 e. The lowest BCUT2D eigenvalue weighted by Gasteiger charge is -2.22. The molecule has 6 rings (SSSR count). The molecule has 52 heavy (non-hydrogen) atoms. The number of benzene rings is 2. The van der Waals surface area contributed by atoms with Gasteiger partial charge in [-0.3, -0.25) is 19.4 Å². The fourth-order valence-corrected chi connectivity index (χ4v) is 7.49. The molecule has 2 aromatic heterocycles. The molecule has 2 saturated heterocycles. The number of hydrogen-bond acceptors (Lipinski definition) is 8. The molecular formula is C35H27BrCl2N4O7S3. The summed E-state index contributed by atoms with van der Waals surface area (Å²) < 4.78 is 6.67. The van der Waals surface area contributed by atoms with Gasteiger partial charge in [0.25, 0.3) is 11.8 Å². The van der Waals surface area contributed by atoms with Gasteiger partial charge in [-0.05, 0) is 101 Å². The van der Waals surface area contributed by atoms with Crippen LogP contribution in [0.1, 0.15) is 29.5 Å². The molecular weight excluding hydrogens is 835 g/mol. The number of carboxylic acids is 2. The lowest BCUT2D eigenvalue weighted by atomic mass is 10.0. The molecule has 2 fully saturated rings. The van der Waals surface area contributed by atoms with E-state index in [9.17, 15) is 29.4 Å². The van der Waals surface area contributed by atoms with Gasteiger partial charge in [-0.25, -0.2) is 9.59 Å². The van der Waals surface area contributed by atoms with Gasteiger partial charge in [0.15, 0.2) is 10.2 Å². The van der Waals surface area contributed by atoms with Crippen molar-refractivity contribution < 1.29 is 33.8 Å². The van der Waals surface area contributed by atoms with Crippen LogP contribution in [0.15, 0.2) is 92.4 Å². The topological polar surface area (TPSA) is 152 Å². The molecule has 2 aliphatic rings. The Balaban J connectivity index is 0.000000202. The molecule has 11 nitrogen and oxygen atoms in total. The zero-order chi connectivity index (χ0) is 37.7. The lowest BCUT2D eigenvalue weighted by molar-refractivity contribution is -0.145. The van der Waals surface area contributed by atoms with Gasteiger partial charge in [-0.2, -0.15) is 0 Å². The molecule has 2 amide bonds. The summed E-state index contributed by atoms with van der Waals surface area (Å²) in [4.78, 5) is 51.4. The van der Waals surface area contributed by atoms with Crippen LogP contribution in [0.2, 0.25) is 10.0 Å². The van der Waals surface area contributed by atoms with E-state index in [1.165, 1.54) is 17.4 Å². The monoisotopic (exact) mass is 860 g/mol. The first-order chi connectivity index (χ1) is 24.8. The predicted octanol–water partition coefficient (Wildman–Crippen LogP) is 7.44. The number of furan rings is 1. The number of hydrogen-bond donors (Lipinski definition) is 4. The van der Waals surface area contributed by atoms with E-state index >= 15 is 0 Å². The van der Waals surface area contributed by atoms with Gasteiger partial charge >= 0.3 is 11.9 Å². The number of halogens is 3. The van der Waals surface area contributed by atoms with E-state index in [1.54, 1.807) is 43.3 Å². The molecule has 2 aliphatic heterocycles. The Morgan fingerprint density at radius 2 is 1.48 bits per heavy atom. The van der Waals surface area contributed by atoms with Crippen LogP contribution >= 0.6 is 74.9 Å². The zero-order valence-corrected chi connectivity index (χ0v) is 32.4. The van der Waals surface area contributed by atoms with Crippen molar-refractivity contribution in [2.45, 2.75) is 31.8 Å². The van der Waals surface area contributed by atoms with E-state index in [2.05, 4.69) is 26.6 Å². The number of thiocarbonyl (C=S) groups is 2. The highest BCUT2D eigenvalue weighted by Gasteiger charge is 2.40. The maximum atomic E-state index is 12.7. The van der Waals surface area contributed by atoms with Gasteiger partial charge in [0.2, 0.25) is 0 Å². The van der Waals surface area contributed by atoms with Crippen LogP contribution < -0.4 is 10.6 Å². The second-order valence-electron chi connectivity index (χ2n) is 11.1. The highest BCUT2D eigenvalue weighted by Crippen LogP contribution is 2.31. The number of nitrogens with zero attached hydrogens (tertiary/aromatic N) is 2. The Morgan fingerprint density at radius 3 is 2.04 bits per heavy atom. The average molecular weight is 863 g/mol. The Kier molecular flexibility index (Phi) is 12.7. The molecule has 4 N–H and O–H groups in total. The molecule has 4 heterocycles. The number of rotatable bonds is 10. The fourth-order valence-electron chi connectivity index (χ4n) is 5.18. The Labute approximate surface area is 330 Å². The number of carbonyl (C=O) groups is 4. The van der Waals surface area contributed by atoms with E-state index < -0.39 is 35.8 Å². The maximum absolute atomic E-state index is 12.7. The summed E-state index contributed by atoms with van der Waals surface area (Å²) in [5, 5.41) is 25.5. The van der Waals surface area contributed by atoms with Crippen molar-refractivity contribution in [3.8, 4) is 11.3 Å². The average Bonchev–Trinajstić information content (AvgIpc) is 3.87. The highest BCUT2D eigenvalue weighted by molar-refractivity contribution is 9.11. The van der Waals surface area contributed by atoms with Gasteiger partial charge < -0.3 is 25.3 Å². The first kappa shape index (κ1) is 38.8. The minimum Gasteiger partial charge on any atom is -0.480 e. The number of aliphatic carboxylic acids is 2. The van der Waals surface area contributed by atoms with Crippen LogP contribution in [-0.2, 0) is 25.6 Å². The smallest absolute Gasteiger partial charge is 0.327 e. The van der Waals surface area contributed by atoms with Crippen molar-refractivity contribution >= 4 is 121 Å². The number of carboxylic acid groups (broad SMARTS) is 2. The van der Waals surface area contributed by atoms with Crippen molar-refractivity contribution in [1.29, 1.82) is 0 Å². The van der Waals surface area contributed by atoms with Crippen LogP contribution in [0.3, 0.4) is 0 Å². The summed E-state index contributed by atoms with van der Waals surface area (Å²) in [5.41, 5.74) is 1.98. The summed E-state index contributed by atoms with van der Waals surface area (Å²) in [5.74, 6) is -2.21. The normalized spacial score (nSPS) is 16.8. The number of amides is 2. The predicted molar refractivity (Wildman–Crippen MR) is 211 cm³/mol. The van der Waals surface area contributed by atoms with Crippen molar-refractivity contribution in [3.05, 3.63) is 114 Å². The first-order valence-corrected chi connectivity index (χ1v) is 18.5.